The molecular weight excluding hydrogens is 424 g/mol. The van der Waals surface area contributed by atoms with Gasteiger partial charge < -0.3 is 15.9 Å². The minimum Gasteiger partial charge on any atom is -0.412 e. The largest absolute Gasteiger partial charge is 0.412 e. The molecule has 4 N–H and O–H groups in total. The van der Waals surface area contributed by atoms with Crippen LogP contribution in [0.2, 0.25) is 5.02 Å². The van der Waals surface area contributed by atoms with Crippen molar-refractivity contribution < 1.29 is 15.4 Å². The van der Waals surface area contributed by atoms with Crippen molar-refractivity contribution in [2.45, 2.75) is 18.2 Å². The maximum atomic E-state index is 12.7. The molecule has 0 atom stereocenters. The van der Waals surface area contributed by atoms with E-state index < -0.39 is 0 Å². The fourth-order valence-electron chi connectivity index (χ4n) is 2.74. The highest BCUT2D eigenvalue weighted by Gasteiger charge is 2.16. The Morgan fingerprint density at radius 3 is 2.70 bits per heavy atom. The number of anilines is 1. The van der Waals surface area contributed by atoms with Crippen LogP contribution in [0, 0.1) is 18.3 Å². The standard InChI is InChI=1S/C21H19ClN4O2S.H2O/c1-14-19(13-24-26(14)18-6-3-16(22)4-7-18)21(28)25-17-5-8-20(15(11-17)12-23)29-10-2-9-27;/h3-8,11,13,27H,2,9-10H2,1H3,(H,25,28);1H2. The molecule has 156 valence electrons. The summed E-state index contributed by atoms with van der Waals surface area (Å²) >= 11 is 7.43. The Hall–Kier alpha value is -2.83. The Labute approximate surface area is 183 Å². The monoisotopic (exact) mass is 444 g/mol. The average Bonchev–Trinajstić information content (AvgIpc) is 3.11. The molecule has 0 aliphatic carbocycles. The molecule has 0 radical (unpaired) electrons. The van der Waals surface area contributed by atoms with E-state index in [1.54, 1.807) is 35.0 Å². The van der Waals surface area contributed by atoms with Crippen LogP contribution in [0.15, 0.2) is 53.6 Å². The van der Waals surface area contributed by atoms with E-state index in [2.05, 4.69) is 16.5 Å². The molecule has 3 aromatic rings. The second kappa shape index (κ2) is 10.8. The zero-order valence-electron chi connectivity index (χ0n) is 16.2. The van der Waals surface area contributed by atoms with Crippen molar-refractivity contribution >= 4 is 35.0 Å². The summed E-state index contributed by atoms with van der Waals surface area (Å²) in [6.07, 6.45) is 2.18. The van der Waals surface area contributed by atoms with Crippen LogP contribution < -0.4 is 5.32 Å². The summed E-state index contributed by atoms with van der Waals surface area (Å²) in [6.45, 7) is 1.93. The number of amides is 1. The number of rotatable bonds is 7. The Morgan fingerprint density at radius 1 is 1.30 bits per heavy atom. The smallest absolute Gasteiger partial charge is 0.259 e. The third-order valence-electron chi connectivity index (χ3n) is 4.24. The molecule has 0 saturated heterocycles. The number of aliphatic hydroxyl groups excluding tert-OH is 1. The molecule has 0 bridgehead atoms. The first-order valence-corrected chi connectivity index (χ1v) is 10.3. The molecule has 0 spiro atoms. The molecule has 0 aliphatic rings. The molecule has 0 aliphatic heterocycles. The van der Waals surface area contributed by atoms with Gasteiger partial charge in [0.1, 0.15) is 6.07 Å². The van der Waals surface area contributed by atoms with E-state index in [0.717, 1.165) is 16.3 Å². The molecule has 9 heteroatoms. The first-order valence-electron chi connectivity index (χ1n) is 8.93. The number of nitrogens with zero attached hydrogens (tertiary/aromatic N) is 3. The molecule has 1 amide bonds. The van der Waals surface area contributed by atoms with Gasteiger partial charge in [0.05, 0.1) is 28.7 Å². The molecule has 0 fully saturated rings. The van der Waals surface area contributed by atoms with E-state index in [-0.39, 0.29) is 18.0 Å². The van der Waals surface area contributed by atoms with Crippen molar-refractivity contribution in [1.29, 1.82) is 5.26 Å². The third-order valence-corrected chi connectivity index (χ3v) is 5.66. The lowest BCUT2D eigenvalue weighted by molar-refractivity contribution is 0.102. The van der Waals surface area contributed by atoms with Crippen molar-refractivity contribution in [2.24, 2.45) is 0 Å². The number of halogens is 1. The van der Waals surface area contributed by atoms with Crippen LogP contribution in [-0.4, -0.2) is 38.6 Å². The second-order valence-electron chi connectivity index (χ2n) is 6.23. The summed E-state index contributed by atoms with van der Waals surface area (Å²) in [5.74, 6) is 0.423. The lowest BCUT2D eigenvalue weighted by Crippen LogP contribution is -2.13. The number of hydrogen-bond donors (Lipinski definition) is 2. The predicted molar refractivity (Wildman–Crippen MR) is 118 cm³/mol. The summed E-state index contributed by atoms with van der Waals surface area (Å²) in [4.78, 5) is 13.6. The van der Waals surface area contributed by atoms with E-state index in [0.29, 0.717) is 34.0 Å². The second-order valence-corrected chi connectivity index (χ2v) is 7.81. The fourth-order valence-corrected chi connectivity index (χ4v) is 3.78. The fraction of sp³-hybridized carbons (Fsp3) is 0.190. The number of hydrogen-bond acceptors (Lipinski definition) is 5. The van der Waals surface area contributed by atoms with Crippen LogP contribution >= 0.6 is 23.4 Å². The normalized spacial score (nSPS) is 10.2. The van der Waals surface area contributed by atoms with Gasteiger partial charge in [0.25, 0.3) is 5.91 Å². The van der Waals surface area contributed by atoms with Crippen LogP contribution in [0.1, 0.15) is 28.0 Å². The highest BCUT2D eigenvalue weighted by molar-refractivity contribution is 7.99. The van der Waals surface area contributed by atoms with E-state index in [4.69, 9.17) is 16.7 Å². The lowest BCUT2D eigenvalue weighted by atomic mass is 10.2. The summed E-state index contributed by atoms with van der Waals surface area (Å²) in [5, 5.41) is 26.0. The van der Waals surface area contributed by atoms with Gasteiger partial charge in [-0.3, -0.25) is 4.79 Å². The molecule has 2 aromatic carbocycles. The van der Waals surface area contributed by atoms with Gasteiger partial charge in [-0.05, 0) is 55.8 Å². The van der Waals surface area contributed by atoms with Gasteiger partial charge in [0.15, 0.2) is 0 Å². The number of benzene rings is 2. The van der Waals surface area contributed by atoms with Crippen molar-refractivity contribution in [3.05, 3.63) is 70.5 Å². The summed E-state index contributed by atoms with van der Waals surface area (Å²) in [7, 11) is 0. The Bertz CT molecular complexity index is 1060. The minimum atomic E-state index is -0.299. The maximum absolute atomic E-state index is 12.7. The molecule has 0 saturated carbocycles. The van der Waals surface area contributed by atoms with Crippen LogP contribution in [0.5, 0.6) is 0 Å². The zero-order valence-corrected chi connectivity index (χ0v) is 17.8. The molecule has 0 unspecified atom stereocenters. The Balaban J connectivity index is 0.00000320. The van der Waals surface area contributed by atoms with Crippen molar-refractivity contribution in [2.75, 3.05) is 17.7 Å². The number of nitrogens with one attached hydrogen (secondary N) is 1. The molecule has 1 heterocycles. The topological polar surface area (TPSA) is 122 Å². The van der Waals surface area contributed by atoms with Gasteiger partial charge in [-0.1, -0.05) is 11.6 Å². The van der Waals surface area contributed by atoms with Crippen molar-refractivity contribution in [3.8, 4) is 11.8 Å². The van der Waals surface area contributed by atoms with Gasteiger partial charge in [0.2, 0.25) is 0 Å². The van der Waals surface area contributed by atoms with E-state index in [1.165, 1.54) is 18.0 Å². The van der Waals surface area contributed by atoms with Crippen LogP contribution in [0.3, 0.4) is 0 Å². The van der Waals surface area contributed by atoms with Crippen LogP contribution in [0.4, 0.5) is 5.69 Å². The van der Waals surface area contributed by atoms with Gasteiger partial charge >= 0.3 is 0 Å². The average molecular weight is 445 g/mol. The summed E-state index contributed by atoms with van der Waals surface area (Å²) < 4.78 is 1.67. The van der Waals surface area contributed by atoms with Gasteiger partial charge in [-0.25, -0.2) is 4.68 Å². The number of aromatic nitrogens is 2. The van der Waals surface area contributed by atoms with Crippen LogP contribution in [-0.2, 0) is 0 Å². The number of carbonyl (C=O) groups is 1. The van der Waals surface area contributed by atoms with E-state index >= 15 is 0 Å². The minimum absolute atomic E-state index is 0. The predicted octanol–water partition coefficient (Wildman–Crippen LogP) is 3.61. The number of aliphatic hydroxyl groups is 1. The zero-order chi connectivity index (χ0) is 20.8. The quantitative estimate of drug-likeness (QED) is 0.425. The summed E-state index contributed by atoms with van der Waals surface area (Å²) in [6, 6.07) is 14.6. The lowest BCUT2D eigenvalue weighted by Gasteiger charge is -2.09. The highest BCUT2D eigenvalue weighted by Crippen LogP contribution is 2.26. The van der Waals surface area contributed by atoms with Gasteiger partial charge in [-0.15, -0.1) is 11.8 Å². The SMILES string of the molecule is Cc1c(C(=O)Nc2ccc(SCCCO)c(C#N)c2)cnn1-c1ccc(Cl)cc1.O. The van der Waals surface area contributed by atoms with Gasteiger partial charge in [-0.2, -0.15) is 10.4 Å². The van der Waals surface area contributed by atoms with E-state index in [1.807, 2.05) is 19.1 Å². The molecule has 3 rings (SSSR count). The summed E-state index contributed by atoms with van der Waals surface area (Å²) in [5.41, 5.74) is 2.97. The first-order chi connectivity index (χ1) is 14.0. The molecule has 7 nitrogen and oxygen atoms in total. The molecule has 1 aromatic heterocycles. The molecular formula is C21H21ClN4O3S. The first kappa shape index (κ1) is 23.4. The van der Waals surface area contributed by atoms with E-state index in [9.17, 15) is 10.1 Å². The molecule has 30 heavy (non-hydrogen) atoms. The highest BCUT2D eigenvalue weighted by atomic mass is 35.5. The van der Waals surface area contributed by atoms with Crippen molar-refractivity contribution in [3.63, 3.8) is 0 Å². The Morgan fingerprint density at radius 2 is 2.03 bits per heavy atom. The van der Waals surface area contributed by atoms with Crippen molar-refractivity contribution in [1.82, 2.24) is 9.78 Å². The number of thioether (sulfide) groups is 1. The van der Waals surface area contributed by atoms with Crippen LogP contribution in [0.25, 0.3) is 5.69 Å². The van der Waals surface area contributed by atoms with Gasteiger partial charge in [0, 0.05) is 28.0 Å². The maximum Gasteiger partial charge on any atom is 0.259 e. The third kappa shape index (κ3) is 5.40. The Kier molecular flexibility index (Phi) is 8.45. The number of carbonyl (C=O) groups excluding carboxylic acids is 1. The number of nitriles is 1.